The van der Waals surface area contributed by atoms with Crippen LogP contribution < -0.4 is 0 Å². The van der Waals surface area contributed by atoms with E-state index < -0.39 is 4.92 Å². The third kappa shape index (κ3) is 1.75. The van der Waals surface area contributed by atoms with Crippen LogP contribution in [0.1, 0.15) is 15.9 Å². The van der Waals surface area contributed by atoms with Crippen LogP contribution in [0.15, 0.2) is 16.6 Å². The smallest absolute Gasteiger partial charge is 0.294 e. The SMILES string of the molecule is Cc1ccc(Br)c([N+](=O)[O-])c1C=O. The first-order valence-electron chi connectivity index (χ1n) is 3.46. The zero-order valence-electron chi connectivity index (χ0n) is 6.78. The third-order valence-corrected chi connectivity index (χ3v) is 2.33. The van der Waals surface area contributed by atoms with Gasteiger partial charge < -0.3 is 0 Å². The van der Waals surface area contributed by atoms with Crippen LogP contribution in [0, 0.1) is 17.0 Å². The molecule has 0 saturated carbocycles. The molecule has 1 aromatic carbocycles. The molecule has 4 nitrogen and oxygen atoms in total. The predicted molar refractivity (Wildman–Crippen MR) is 50.9 cm³/mol. The zero-order valence-corrected chi connectivity index (χ0v) is 8.37. The third-order valence-electron chi connectivity index (χ3n) is 1.69. The average Bonchev–Trinajstić information content (AvgIpc) is 2.07. The molecule has 0 saturated heterocycles. The monoisotopic (exact) mass is 243 g/mol. The molecule has 0 aliphatic carbocycles. The molecule has 0 aliphatic heterocycles. The van der Waals surface area contributed by atoms with E-state index in [9.17, 15) is 14.9 Å². The van der Waals surface area contributed by atoms with E-state index in [0.717, 1.165) is 0 Å². The van der Waals surface area contributed by atoms with Gasteiger partial charge in [0.15, 0.2) is 6.29 Å². The number of carbonyl (C=O) groups excluding carboxylic acids is 1. The molecule has 0 bridgehead atoms. The van der Waals surface area contributed by atoms with Gasteiger partial charge in [-0.25, -0.2) is 0 Å². The summed E-state index contributed by atoms with van der Waals surface area (Å²) in [7, 11) is 0. The average molecular weight is 244 g/mol. The Hall–Kier alpha value is -1.23. The van der Waals surface area contributed by atoms with Crippen molar-refractivity contribution in [3.8, 4) is 0 Å². The molecule has 0 unspecified atom stereocenters. The van der Waals surface area contributed by atoms with Crippen molar-refractivity contribution in [3.63, 3.8) is 0 Å². The van der Waals surface area contributed by atoms with Crippen LogP contribution in [-0.4, -0.2) is 11.2 Å². The lowest BCUT2D eigenvalue weighted by Gasteiger charge is -2.01. The van der Waals surface area contributed by atoms with Gasteiger partial charge in [-0.1, -0.05) is 6.07 Å². The fraction of sp³-hybridized carbons (Fsp3) is 0.125. The van der Waals surface area contributed by atoms with E-state index >= 15 is 0 Å². The van der Waals surface area contributed by atoms with Crippen molar-refractivity contribution in [2.45, 2.75) is 6.92 Å². The minimum Gasteiger partial charge on any atom is -0.298 e. The van der Waals surface area contributed by atoms with Crippen LogP contribution in [0.4, 0.5) is 5.69 Å². The highest BCUT2D eigenvalue weighted by atomic mass is 79.9. The van der Waals surface area contributed by atoms with E-state index in [1.165, 1.54) is 0 Å². The number of aldehydes is 1. The van der Waals surface area contributed by atoms with Crippen molar-refractivity contribution in [1.82, 2.24) is 0 Å². The fourth-order valence-corrected chi connectivity index (χ4v) is 1.51. The molecule has 0 fully saturated rings. The van der Waals surface area contributed by atoms with E-state index in [1.807, 2.05) is 0 Å². The molecule has 68 valence electrons. The van der Waals surface area contributed by atoms with E-state index in [1.54, 1.807) is 19.1 Å². The summed E-state index contributed by atoms with van der Waals surface area (Å²) in [5, 5.41) is 10.6. The van der Waals surface area contributed by atoms with Gasteiger partial charge >= 0.3 is 0 Å². The maximum absolute atomic E-state index is 10.6. The van der Waals surface area contributed by atoms with E-state index in [2.05, 4.69) is 15.9 Å². The minimum absolute atomic E-state index is 0.124. The Morgan fingerprint density at radius 1 is 1.54 bits per heavy atom. The Morgan fingerprint density at radius 2 is 2.15 bits per heavy atom. The normalized spacial score (nSPS) is 9.69. The van der Waals surface area contributed by atoms with Crippen LogP contribution in [0.25, 0.3) is 0 Å². The number of hydrogen-bond donors (Lipinski definition) is 0. The molecule has 1 aromatic rings. The van der Waals surface area contributed by atoms with E-state index in [0.29, 0.717) is 16.3 Å². The Balaban J connectivity index is 3.52. The summed E-state index contributed by atoms with van der Waals surface area (Å²) in [6.07, 6.45) is 0.498. The second-order valence-electron chi connectivity index (χ2n) is 2.50. The van der Waals surface area contributed by atoms with Crippen molar-refractivity contribution in [2.24, 2.45) is 0 Å². The molecule has 0 N–H and O–H groups in total. The molecule has 0 atom stereocenters. The topological polar surface area (TPSA) is 60.2 Å². The van der Waals surface area contributed by atoms with Crippen LogP contribution in [0.2, 0.25) is 0 Å². The first-order chi connectivity index (χ1) is 6.07. The van der Waals surface area contributed by atoms with Crippen molar-refractivity contribution in [1.29, 1.82) is 0 Å². The molecular formula is C8H6BrNO3. The van der Waals surface area contributed by atoms with Crippen molar-refractivity contribution in [3.05, 3.63) is 37.8 Å². The highest BCUT2D eigenvalue weighted by Gasteiger charge is 2.19. The number of nitro groups is 1. The van der Waals surface area contributed by atoms with Gasteiger partial charge in [-0.05, 0) is 34.5 Å². The second-order valence-corrected chi connectivity index (χ2v) is 3.36. The van der Waals surface area contributed by atoms with Gasteiger partial charge in [-0.2, -0.15) is 0 Å². The quantitative estimate of drug-likeness (QED) is 0.456. The fourth-order valence-electron chi connectivity index (χ4n) is 1.02. The lowest BCUT2D eigenvalue weighted by molar-refractivity contribution is -0.385. The molecule has 1 rings (SSSR count). The summed E-state index contributed by atoms with van der Waals surface area (Å²) < 4.78 is 0.324. The number of nitrogens with zero attached hydrogens (tertiary/aromatic N) is 1. The van der Waals surface area contributed by atoms with Gasteiger partial charge in [0.25, 0.3) is 5.69 Å². The maximum atomic E-state index is 10.6. The number of aryl methyl sites for hydroxylation is 1. The molecule has 13 heavy (non-hydrogen) atoms. The Bertz CT molecular complexity index is 376. The number of rotatable bonds is 2. The maximum Gasteiger partial charge on any atom is 0.294 e. The van der Waals surface area contributed by atoms with Gasteiger partial charge in [0, 0.05) is 0 Å². The molecule has 0 radical (unpaired) electrons. The molecule has 0 heterocycles. The lowest BCUT2D eigenvalue weighted by atomic mass is 10.1. The number of halogens is 1. The highest BCUT2D eigenvalue weighted by molar-refractivity contribution is 9.10. The van der Waals surface area contributed by atoms with Gasteiger partial charge in [0.2, 0.25) is 0 Å². The standard InChI is InChI=1S/C8H6BrNO3/c1-5-2-3-7(9)8(10(12)13)6(5)4-11/h2-4H,1H3. The number of benzene rings is 1. The number of hydrogen-bond acceptors (Lipinski definition) is 3. The molecule has 5 heteroatoms. The molecular weight excluding hydrogens is 238 g/mol. The summed E-state index contributed by atoms with van der Waals surface area (Å²) in [4.78, 5) is 20.6. The van der Waals surface area contributed by atoms with Gasteiger partial charge in [-0.3, -0.25) is 14.9 Å². The summed E-state index contributed by atoms with van der Waals surface area (Å²) in [6, 6.07) is 3.21. The minimum atomic E-state index is -0.569. The molecule has 0 aliphatic rings. The summed E-state index contributed by atoms with van der Waals surface area (Å²) in [6.45, 7) is 1.66. The van der Waals surface area contributed by atoms with Crippen LogP contribution in [0.3, 0.4) is 0 Å². The molecule has 0 spiro atoms. The first-order valence-corrected chi connectivity index (χ1v) is 4.26. The van der Waals surface area contributed by atoms with Gasteiger partial charge in [0.05, 0.1) is 15.0 Å². The highest BCUT2D eigenvalue weighted by Crippen LogP contribution is 2.29. The predicted octanol–water partition coefficient (Wildman–Crippen LogP) is 2.48. The van der Waals surface area contributed by atoms with Gasteiger partial charge in [0.1, 0.15) is 0 Å². The van der Waals surface area contributed by atoms with Crippen molar-refractivity contribution < 1.29 is 9.72 Å². The van der Waals surface area contributed by atoms with Gasteiger partial charge in [-0.15, -0.1) is 0 Å². The number of carbonyl (C=O) groups is 1. The number of nitro benzene ring substituents is 1. The van der Waals surface area contributed by atoms with Crippen LogP contribution in [0.5, 0.6) is 0 Å². The largest absolute Gasteiger partial charge is 0.298 e. The Morgan fingerprint density at radius 3 is 2.54 bits per heavy atom. The zero-order chi connectivity index (χ0) is 10.0. The van der Waals surface area contributed by atoms with Crippen LogP contribution >= 0.6 is 15.9 Å². The van der Waals surface area contributed by atoms with E-state index in [-0.39, 0.29) is 11.3 Å². The molecule has 0 aromatic heterocycles. The summed E-state index contributed by atoms with van der Waals surface area (Å²) in [5.41, 5.74) is 0.555. The summed E-state index contributed by atoms with van der Waals surface area (Å²) in [5.74, 6) is 0. The Kier molecular flexibility index (Phi) is 2.77. The second kappa shape index (κ2) is 3.66. The van der Waals surface area contributed by atoms with Crippen molar-refractivity contribution in [2.75, 3.05) is 0 Å². The van der Waals surface area contributed by atoms with Crippen molar-refractivity contribution >= 4 is 27.9 Å². The van der Waals surface area contributed by atoms with E-state index in [4.69, 9.17) is 0 Å². The first kappa shape index (κ1) is 9.85. The lowest BCUT2D eigenvalue weighted by Crippen LogP contribution is -1.97. The summed E-state index contributed by atoms with van der Waals surface area (Å²) >= 11 is 3.02. The molecule has 0 amide bonds. The van der Waals surface area contributed by atoms with Crippen LogP contribution in [-0.2, 0) is 0 Å². The Labute approximate surface area is 82.8 Å².